The summed E-state index contributed by atoms with van der Waals surface area (Å²) < 4.78 is 59.7. The van der Waals surface area contributed by atoms with E-state index in [1.165, 1.54) is 0 Å². The van der Waals surface area contributed by atoms with Crippen molar-refractivity contribution in [1.29, 1.82) is 0 Å². The number of halogens is 3. The molecule has 0 aliphatic heterocycles. The molecule has 1 rings (SSSR count). The van der Waals surface area contributed by atoms with Crippen molar-refractivity contribution in [3.63, 3.8) is 0 Å². The molecule has 0 saturated heterocycles. The maximum absolute atomic E-state index is 12.4. The van der Waals surface area contributed by atoms with Crippen LogP contribution >= 0.6 is 0 Å². The van der Waals surface area contributed by atoms with Gasteiger partial charge < -0.3 is 10.6 Å². The van der Waals surface area contributed by atoms with Gasteiger partial charge in [0.05, 0.1) is 4.90 Å². The summed E-state index contributed by atoms with van der Waals surface area (Å²) in [6.45, 7) is 5.26. The van der Waals surface area contributed by atoms with Gasteiger partial charge in [-0.25, -0.2) is 8.42 Å². The lowest BCUT2D eigenvalue weighted by atomic mass is 9.96. The zero-order valence-electron chi connectivity index (χ0n) is 13.9. The number of amides is 2. The largest absolute Gasteiger partial charge is 0.501 e. The minimum atomic E-state index is -5.42. The highest BCUT2D eigenvalue weighted by molar-refractivity contribution is 7.92. The van der Waals surface area contributed by atoms with Crippen LogP contribution < -0.4 is 10.6 Å². The average Bonchev–Trinajstić information content (AvgIpc) is 2.45. The quantitative estimate of drug-likeness (QED) is 0.821. The van der Waals surface area contributed by atoms with Crippen molar-refractivity contribution < 1.29 is 31.2 Å². The second-order valence-corrected chi connectivity index (χ2v) is 8.22. The molecule has 1 aromatic rings. The van der Waals surface area contributed by atoms with Crippen molar-refractivity contribution in [2.75, 3.05) is 11.9 Å². The first-order valence-corrected chi connectivity index (χ1v) is 8.73. The Labute approximate surface area is 143 Å². The Hall–Kier alpha value is -2.10. The molecule has 0 saturated carbocycles. The number of benzene rings is 1. The summed E-state index contributed by atoms with van der Waals surface area (Å²) in [5.74, 6) is -0.692. The van der Waals surface area contributed by atoms with E-state index in [1.807, 2.05) is 0 Å². The third-order valence-electron chi connectivity index (χ3n) is 3.07. The number of anilines is 1. The van der Waals surface area contributed by atoms with Crippen LogP contribution in [0.2, 0.25) is 0 Å². The number of hydrogen-bond donors (Lipinski definition) is 2. The van der Waals surface area contributed by atoms with Crippen molar-refractivity contribution in [2.24, 2.45) is 5.41 Å². The molecule has 0 fully saturated rings. The van der Waals surface area contributed by atoms with Gasteiger partial charge in [-0.05, 0) is 24.3 Å². The summed E-state index contributed by atoms with van der Waals surface area (Å²) >= 11 is 0. The first-order chi connectivity index (χ1) is 11.2. The van der Waals surface area contributed by atoms with Crippen LogP contribution in [-0.4, -0.2) is 32.3 Å². The molecule has 6 nitrogen and oxygen atoms in total. The van der Waals surface area contributed by atoms with Crippen molar-refractivity contribution in [2.45, 2.75) is 37.6 Å². The Morgan fingerprint density at radius 3 is 2.00 bits per heavy atom. The Balaban J connectivity index is 2.62. The second-order valence-electron chi connectivity index (χ2n) is 6.28. The highest BCUT2D eigenvalue weighted by Crippen LogP contribution is 2.30. The molecule has 0 bridgehead atoms. The second kappa shape index (κ2) is 7.42. The molecule has 1 aromatic carbocycles. The maximum atomic E-state index is 12.4. The number of hydrogen-bond acceptors (Lipinski definition) is 4. The van der Waals surface area contributed by atoms with E-state index in [-0.39, 0.29) is 24.6 Å². The molecule has 10 heteroatoms. The number of sulfone groups is 1. The van der Waals surface area contributed by atoms with Crippen molar-refractivity contribution in [3.8, 4) is 0 Å². The van der Waals surface area contributed by atoms with Gasteiger partial charge in [0, 0.05) is 24.1 Å². The van der Waals surface area contributed by atoms with Crippen LogP contribution in [-0.2, 0) is 19.4 Å². The molecule has 0 atom stereocenters. The smallest absolute Gasteiger partial charge is 0.355 e. The molecule has 0 spiro atoms. The zero-order valence-corrected chi connectivity index (χ0v) is 14.7. The molecule has 0 aliphatic rings. The van der Waals surface area contributed by atoms with Crippen LogP contribution in [0.3, 0.4) is 0 Å². The highest BCUT2D eigenvalue weighted by Gasteiger charge is 2.46. The fraction of sp³-hybridized carbons (Fsp3) is 0.467. The fourth-order valence-corrected chi connectivity index (χ4v) is 2.39. The summed E-state index contributed by atoms with van der Waals surface area (Å²) in [6, 6.07) is 3.65. The third-order valence-corrected chi connectivity index (χ3v) is 4.57. The molecule has 0 radical (unpaired) electrons. The summed E-state index contributed by atoms with van der Waals surface area (Å²) in [6.07, 6.45) is -0.0373. The van der Waals surface area contributed by atoms with Gasteiger partial charge in [0.2, 0.25) is 11.8 Å². The van der Waals surface area contributed by atoms with E-state index >= 15 is 0 Å². The Bertz CT molecular complexity index is 736. The molecule has 140 valence electrons. The highest BCUT2D eigenvalue weighted by atomic mass is 32.2. The van der Waals surface area contributed by atoms with Gasteiger partial charge in [0.25, 0.3) is 9.84 Å². The summed E-state index contributed by atoms with van der Waals surface area (Å²) in [5, 5.41) is 4.99. The van der Waals surface area contributed by atoms with Gasteiger partial charge in [-0.3, -0.25) is 9.59 Å². The Morgan fingerprint density at radius 2 is 1.56 bits per heavy atom. The number of rotatable bonds is 5. The number of nitrogens with one attached hydrogen (secondary N) is 2. The van der Waals surface area contributed by atoms with Crippen molar-refractivity contribution in [3.05, 3.63) is 24.3 Å². The lowest BCUT2D eigenvalue weighted by Crippen LogP contribution is -2.36. The lowest BCUT2D eigenvalue weighted by Gasteiger charge is -2.17. The summed E-state index contributed by atoms with van der Waals surface area (Å²) in [5.41, 5.74) is -5.83. The maximum Gasteiger partial charge on any atom is 0.501 e. The molecule has 0 unspecified atom stereocenters. The van der Waals surface area contributed by atoms with E-state index in [1.54, 1.807) is 20.8 Å². The predicted octanol–water partition coefficient (Wildman–Crippen LogP) is 2.47. The molecular formula is C15H19F3N2O4S. The minimum absolute atomic E-state index is 0.0373. The van der Waals surface area contributed by atoms with Gasteiger partial charge in [0.1, 0.15) is 0 Å². The monoisotopic (exact) mass is 380 g/mol. The average molecular weight is 380 g/mol. The minimum Gasteiger partial charge on any atom is -0.355 e. The van der Waals surface area contributed by atoms with E-state index in [4.69, 9.17) is 0 Å². The van der Waals surface area contributed by atoms with Gasteiger partial charge in [-0.1, -0.05) is 20.8 Å². The summed E-state index contributed by atoms with van der Waals surface area (Å²) in [7, 11) is -5.42. The third kappa shape index (κ3) is 5.73. The van der Waals surface area contributed by atoms with Crippen LogP contribution in [0.4, 0.5) is 18.9 Å². The van der Waals surface area contributed by atoms with Crippen molar-refractivity contribution >= 4 is 27.3 Å². The van der Waals surface area contributed by atoms with Gasteiger partial charge in [-0.2, -0.15) is 13.2 Å². The number of carbonyl (C=O) groups is 2. The standard InChI is InChI=1S/C15H19F3N2O4S/c1-14(2,3)13(22)19-9-8-12(21)20-10-4-6-11(7-5-10)25(23,24)15(16,17)18/h4-7H,8-9H2,1-3H3,(H,19,22)(H,20,21). The summed E-state index contributed by atoms with van der Waals surface area (Å²) in [4.78, 5) is 22.4. The first kappa shape index (κ1) is 20.9. The molecule has 25 heavy (non-hydrogen) atoms. The van der Waals surface area contributed by atoms with E-state index in [0.717, 1.165) is 24.3 Å². The van der Waals surface area contributed by atoms with Crippen LogP contribution in [0.5, 0.6) is 0 Å². The molecule has 0 aromatic heterocycles. The van der Waals surface area contributed by atoms with E-state index in [9.17, 15) is 31.2 Å². The van der Waals surface area contributed by atoms with Crippen LogP contribution in [0.25, 0.3) is 0 Å². The normalized spacial score (nSPS) is 12.6. The first-order valence-electron chi connectivity index (χ1n) is 7.25. The zero-order chi connectivity index (χ0) is 19.5. The van der Waals surface area contributed by atoms with E-state index < -0.39 is 31.6 Å². The topological polar surface area (TPSA) is 92.3 Å². The molecule has 2 N–H and O–H groups in total. The van der Waals surface area contributed by atoms with Crippen LogP contribution in [0.15, 0.2) is 29.2 Å². The molecule has 0 heterocycles. The van der Waals surface area contributed by atoms with Crippen molar-refractivity contribution in [1.82, 2.24) is 5.32 Å². The Morgan fingerprint density at radius 1 is 1.04 bits per heavy atom. The molecular weight excluding hydrogens is 361 g/mol. The van der Waals surface area contributed by atoms with E-state index in [0.29, 0.717) is 0 Å². The van der Waals surface area contributed by atoms with Gasteiger partial charge in [-0.15, -0.1) is 0 Å². The van der Waals surface area contributed by atoms with Crippen LogP contribution in [0, 0.1) is 5.41 Å². The lowest BCUT2D eigenvalue weighted by molar-refractivity contribution is -0.128. The van der Waals surface area contributed by atoms with Gasteiger partial charge >= 0.3 is 5.51 Å². The van der Waals surface area contributed by atoms with E-state index in [2.05, 4.69) is 10.6 Å². The number of carbonyl (C=O) groups excluding carboxylic acids is 2. The van der Waals surface area contributed by atoms with Gasteiger partial charge in [0.15, 0.2) is 0 Å². The molecule has 2 amide bonds. The fourth-order valence-electron chi connectivity index (χ4n) is 1.63. The Kier molecular flexibility index (Phi) is 6.22. The number of alkyl halides is 3. The predicted molar refractivity (Wildman–Crippen MR) is 85.4 cm³/mol. The SMILES string of the molecule is CC(C)(C)C(=O)NCCC(=O)Nc1ccc(S(=O)(=O)C(F)(F)F)cc1. The van der Waals surface area contributed by atoms with Crippen LogP contribution in [0.1, 0.15) is 27.2 Å². The molecule has 0 aliphatic carbocycles.